The fourth-order valence-electron chi connectivity index (χ4n) is 1.27. The first-order chi connectivity index (χ1) is 5.73. The van der Waals surface area contributed by atoms with Crippen molar-refractivity contribution in [2.75, 3.05) is 20.1 Å². The zero-order valence-electron chi connectivity index (χ0n) is 9.96. The van der Waals surface area contributed by atoms with Crippen LogP contribution in [0.4, 0.5) is 0 Å². The van der Waals surface area contributed by atoms with Crippen LogP contribution in [0.1, 0.15) is 34.6 Å². The van der Waals surface area contributed by atoms with E-state index >= 15 is 0 Å². The number of nitrogens with zero attached hydrogens (tertiary/aromatic N) is 1. The summed E-state index contributed by atoms with van der Waals surface area (Å²) < 4.78 is 0. The van der Waals surface area contributed by atoms with Gasteiger partial charge in [-0.25, -0.2) is 0 Å². The van der Waals surface area contributed by atoms with Gasteiger partial charge in [-0.05, 0) is 18.4 Å². The van der Waals surface area contributed by atoms with Crippen LogP contribution < -0.4 is 0 Å². The second-order valence-electron chi connectivity index (χ2n) is 5.50. The highest BCUT2D eigenvalue weighted by molar-refractivity contribution is 4.75. The molecule has 2 nitrogen and oxygen atoms in total. The van der Waals surface area contributed by atoms with E-state index in [0.717, 1.165) is 13.1 Å². The Morgan fingerprint density at radius 3 is 1.92 bits per heavy atom. The smallest absolute Gasteiger partial charge is 0.0715 e. The molecule has 0 radical (unpaired) electrons. The minimum Gasteiger partial charge on any atom is -0.391 e. The summed E-state index contributed by atoms with van der Waals surface area (Å²) in [5, 5.41) is 9.83. The summed E-state index contributed by atoms with van der Waals surface area (Å²) in [6.07, 6.45) is -0.240. The molecule has 0 bridgehead atoms. The van der Waals surface area contributed by atoms with E-state index in [1.165, 1.54) is 0 Å². The van der Waals surface area contributed by atoms with E-state index in [-0.39, 0.29) is 11.5 Å². The molecule has 0 heterocycles. The molecule has 0 rings (SSSR count). The van der Waals surface area contributed by atoms with Crippen molar-refractivity contribution in [2.24, 2.45) is 11.3 Å². The average molecular weight is 187 g/mol. The van der Waals surface area contributed by atoms with Crippen LogP contribution in [0.5, 0.6) is 0 Å². The maximum atomic E-state index is 9.83. The summed E-state index contributed by atoms with van der Waals surface area (Å²) in [4.78, 5) is 2.20. The van der Waals surface area contributed by atoms with Gasteiger partial charge in [0.1, 0.15) is 0 Å². The van der Waals surface area contributed by atoms with Crippen LogP contribution in [0.25, 0.3) is 0 Å². The molecule has 0 fully saturated rings. The summed E-state index contributed by atoms with van der Waals surface area (Å²) in [5.74, 6) is 0.664. The third-order valence-corrected chi connectivity index (χ3v) is 2.16. The van der Waals surface area contributed by atoms with Crippen LogP contribution >= 0.6 is 0 Å². The van der Waals surface area contributed by atoms with Crippen LogP contribution in [0.15, 0.2) is 0 Å². The average Bonchev–Trinajstić information content (AvgIpc) is 1.82. The number of hydrogen-bond acceptors (Lipinski definition) is 2. The second kappa shape index (κ2) is 4.97. The molecule has 0 aromatic heterocycles. The van der Waals surface area contributed by atoms with E-state index in [4.69, 9.17) is 0 Å². The summed E-state index contributed by atoms with van der Waals surface area (Å²) in [6.45, 7) is 12.4. The Bertz CT molecular complexity index is 138. The van der Waals surface area contributed by atoms with Gasteiger partial charge in [0.15, 0.2) is 0 Å². The van der Waals surface area contributed by atoms with E-state index in [9.17, 15) is 5.11 Å². The number of rotatable bonds is 4. The molecule has 0 aliphatic carbocycles. The van der Waals surface area contributed by atoms with Crippen LogP contribution in [0, 0.1) is 11.3 Å². The molecule has 0 aliphatic rings. The number of aliphatic hydroxyl groups excluding tert-OH is 1. The molecule has 0 saturated heterocycles. The molecule has 0 aromatic carbocycles. The maximum Gasteiger partial charge on any atom is 0.0715 e. The number of aliphatic hydroxyl groups is 1. The quantitative estimate of drug-likeness (QED) is 0.727. The monoisotopic (exact) mass is 187 g/mol. The lowest BCUT2D eigenvalue weighted by molar-refractivity contribution is 0.0327. The van der Waals surface area contributed by atoms with Crippen LogP contribution in [0.3, 0.4) is 0 Å². The van der Waals surface area contributed by atoms with Gasteiger partial charge in [-0.3, -0.25) is 0 Å². The van der Waals surface area contributed by atoms with Gasteiger partial charge in [0.05, 0.1) is 6.10 Å². The van der Waals surface area contributed by atoms with Crippen molar-refractivity contribution >= 4 is 0 Å². The van der Waals surface area contributed by atoms with E-state index in [0.29, 0.717) is 5.92 Å². The highest BCUT2D eigenvalue weighted by atomic mass is 16.3. The van der Waals surface area contributed by atoms with E-state index in [1.54, 1.807) is 0 Å². The van der Waals surface area contributed by atoms with Crippen molar-refractivity contribution in [3.63, 3.8) is 0 Å². The normalized spacial score (nSPS) is 15.5. The Balaban J connectivity index is 3.85. The van der Waals surface area contributed by atoms with Crippen LogP contribution in [0.2, 0.25) is 0 Å². The first-order valence-electron chi connectivity index (χ1n) is 5.10. The molecule has 13 heavy (non-hydrogen) atoms. The lowest BCUT2D eigenvalue weighted by atomic mass is 9.89. The molecule has 0 aliphatic heterocycles. The first kappa shape index (κ1) is 12.9. The molecule has 1 N–H and O–H groups in total. The minimum absolute atomic E-state index is 0.00869. The van der Waals surface area contributed by atoms with Crippen LogP contribution in [-0.4, -0.2) is 36.2 Å². The van der Waals surface area contributed by atoms with Gasteiger partial charge >= 0.3 is 0 Å². The van der Waals surface area contributed by atoms with Crippen molar-refractivity contribution in [2.45, 2.75) is 40.7 Å². The van der Waals surface area contributed by atoms with E-state index in [2.05, 4.69) is 46.6 Å². The molecular formula is C11H25NO. The Morgan fingerprint density at radius 1 is 1.15 bits per heavy atom. The molecule has 1 atom stereocenters. The molecule has 80 valence electrons. The molecule has 0 aromatic rings. The molecule has 2 heteroatoms. The first-order valence-corrected chi connectivity index (χ1v) is 5.10. The number of hydrogen-bond donors (Lipinski definition) is 1. The third-order valence-electron chi connectivity index (χ3n) is 2.16. The van der Waals surface area contributed by atoms with Crippen molar-refractivity contribution in [1.82, 2.24) is 4.90 Å². The Labute approximate surface area is 82.9 Å². The topological polar surface area (TPSA) is 23.5 Å². The number of likely N-dealkylation sites (N-methyl/N-ethyl adjacent to an activating group) is 1. The highest BCUT2D eigenvalue weighted by Crippen LogP contribution is 2.19. The van der Waals surface area contributed by atoms with Crippen molar-refractivity contribution in [1.29, 1.82) is 0 Å². The van der Waals surface area contributed by atoms with Gasteiger partial charge in [-0.2, -0.15) is 0 Å². The Kier molecular flexibility index (Phi) is 4.93. The van der Waals surface area contributed by atoms with E-state index in [1.807, 2.05) is 0 Å². The van der Waals surface area contributed by atoms with Crippen molar-refractivity contribution in [3.05, 3.63) is 0 Å². The largest absolute Gasteiger partial charge is 0.391 e. The van der Waals surface area contributed by atoms with Gasteiger partial charge in [0.25, 0.3) is 0 Å². The summed E-state index contributed by atoms with van der Waals surface area (Å²) >= 11 is 0. The van der Waals surface area contributed by atoms with E-state index < -0.39 is 0 Å². The molecular weight excluding hydrogens is 162 g/mol. The minimum atomic E-state index is -0.240. The lowest BCUT2D eigenvalue weighted by Gasteiger charge is -2.30. The molecule has 1 unspecified atom stereocenters. The van der Waals surface area contributed by atoms with Gasteiger partial charge in [-0.1, -0.05) is 34.6 Å². The Morgan fingerprint density at radius 2 is 1.62 bits per heavy atom. The summed E-state index contributed by atoms with van der Waals surface area (Å²) in [7, 11) is 2.06. The molecule has 0 spiro atoms. The predicted molar refractivity (Wildman–Crippen MR) is 57.8 cm³/mol. The van der Waals surface area contributed by atoms with Gasteiger partial charge in [-0.15, -0.1) is 0 Å². The van der Waals surface area contributed by atoms with Gasteiger partial charge in [0, 0.05) is 13.1 Å². The van der Waals surface area contributed by atoms with Crippen molar-refractivity contribution < 1.29 is 5.11 Å². The fraction of sp³-hybridized carbons (Fsp3) is 1.00. The van der Waals surface area contributed by atoms with Crippen LogP contribution in [-0.2, 0) is 0 Å². The Hall–Kier alpha value is -0.0800. The van der Waals surface area contributed by atoms with Gasteiger partial charge in [0.2, 0.25) is 0 Å². The summed E-state index contributed by atoms with van der Waals surface area (Å²) in [5.41, 5.74) is -0.00869. The fourth-order valence-corrected chi connectivity index (χ4v) is 1.27. The zero-order valence-corrected chi connectivity index (χ0v) is 9.96. The lowest BCUT2D eigenvalue weighted by Crippen LogP contribution is -2.38. The second-order valence-corrected chi connectivity index (χ2v) is 5.50. The molecule has 0 saturated carbocycles. The molecule has 0 amide bonds. The predicted octanol–water partition coefficient (Wildman–Crippen LogP) is 1.98. The van der Waals surface area contributed by atoms with Gasteiger partial charge < -0.3 is 10.0 Å². The maximum absolute atomic E-state index is 9.83. The third kappa shape index (κ3) is 6.05. The zero-order chi connectivity index (χ0) is 10.6. The standard InChI is InChI=1S/C11H25NO/c1-9(2)7-12(6)8-10(13)11(3,4)5/h9-10,13H,7-8H2,1-6H3. The SMILES string of the molecule is CC(C)CN(C)CC(O)C(C)(C)C. The van der Waals surface area contributed by atoms with Crippen molar-refractivity contribution in [3.8, 4) is 0 Å². The highest BCUT2D eigenvalue weighted by Gasteiger charge is 2.23. The summed E-state index contributed by atoms with van der Waals surface area (Å²) in [6, 6.07) is 0.